The molecule has 186 valence electrons. The number of hydrogen-bond acceptors (Lipinski definition) is 5. The third-order valence-electron chi connectivity index (χ3n) is 5.46. The standard InChI is InChI=1S/C27H32N2O5S/c1-27(2,3)34-26(31)28-23(17-19-11-7-6-8-12-19)24(30)18-20-13-9-15-22-21(20)14-10-16-25(22)35(32,33)29(4)5/h6-16,23H,17-18H2,1-5H3,(H,28,31)/t23-/m0/s1. The molecule has 1 atom stereocenters. The molecule has 0 bridgehead atoms. The summed E-state index contributed by atoms with van der Waals surface area (Å²) >= 11 is 0. The van der Waals surface area contributed by atoms with E-state index in [0.29, 0.717) is 22.8 Å². The summed E-state index contributed by atoms with van der Waals surface area (Å²) in [5.41, 5.74) is 0.889. The fourth-order valence-corrected chi connectivity index (χ4v) is 4.88. The zero-order valence-corrected chi connectivity index (χ0v) is 21.6. The van der Waals surface area contributed by atoms with Gasteiger partial charge >= 0.3 is 6.09 Å². The van der Waals surface area contributed by atoms with Crippen molar-refractivity contribution in [3.63, 3.8) is 0 Å². The number of nitrogens with zero attached hydrogens (tertiary/aromatic N) is 1. The first-order chi connectivity index (χ1) is 16.4. The fraction of sp³-hybridized carbons (Fsp3) is 0.333. The Labute approximate surface area is 207 Å². The van der Waals surface area contributed by atoms with Crippen molar-refractivity contribution >= 4 is 32.7 Å². The summed E-state index contributed by atoms with van der Waals surface area (Å²) in [5, 5.41) is 3.95. The van der Waals surface area contributed by atoms with Crippen LogP contribution in [0.1, 0.15) is 31.9 Å². The van der Waals surface area contributed by atoms with Crippen molar-refractivity contribution in [3.8, 4) is 0 Å². The van der Waals surface area contributed by atoms with E-state index in [4.69, 9.17) is 4.74 Å². The van der Waals surface area contributed by atoms with Crippen LogP contribution in [0.15, 0.2) is 71.6 Å². The van der Waals surface area contributed by atoms with Crippen molar-refractivity contribution in [1.82, 2.24) is 9.62 Å². The molecule has 3 rings (SSSR count). The highest BCUT2D eigenvalue weighted by atomic mass is 32.2. The molecular formula is C27H32N2O5S. The summed E-state index contributed by atoms with van der Waals surface area (Å²) in [5.74, 6) is -0.201. The number of alkyl carbamates (subject to hydrolysis) is 1. The highest BCUT2D eigenvalue weighted by molar-refractivity contribution is 7.89. The monoisotopic (exact) mass is 496 g/mol. The van der Waals surface area contributed by atoms with Crippen molar-refractivity contribution in [3.05, 3.63) is 77.9 Å². The molecular weight excluding hydrogens is 464 g/mol. The second kappa shape index (κ2) is 10.6. The minimum atomic E-state index is -3.66. The van der Waals surface area contributed by atoms with E-state index in [2.05, 4.69) is 5.32 Å². The number of benzene rings is 3. The van der Waals surface area contributed by atoms with Gasteiger partial charge in [0.2, 0.25) is 10.0 Å². The first-order valence-corrected chi connectivity index (χ1v) is 12.8. The van der Waals surface area contributed by atoms with Crippen LogP contribution in [0.5, 0.6) is 0 Å². The lowest BCUT2D eigenvalue weighted by Crippen LogP contribution is -2.45. The Morgan fingerprint density at radius 1 is 0.914 bits per heavy atom. The van der Waals surface area contributed by atoms with Gasteiger partial charge in [-0.15, -0.1) is 0 Å². The Balaban J connectivity index is 1.94. The molecule has 0 aliphatic carbocycles. The molecule has 0 spiro atoms. The summed E-state index contributed by atoms with van der Waals surface area (Å²) in [7, 11) is -0.696. The molecule has 3 aromatic carbocycles. The van der Waals surface area contributed by atoms with E-state index in [1.807, 2.05) is 30.3 Å². The minimum absolute atomic E-state index is 0.0239. The summed E-state index contributed by atoms with van der Waals surface area (Å²) in [4.78, 5) is 26.1. The van der Waals surface area contributed by atoms with Gasteiger partial charge in [0.25, 0.3) is 0 Å². The molecule has 1 amide bonds. The SMILES string of the molecule is CN(C)S(=O)(=O)c1cccc2c(CC(=O)[C@H](Cc3ccccc3)NC(=O)OC(C)(C)C)cccc12. The second-order valence-corrected chi connectivity index (χ2v) is 11.7. The van der Waals surface area contributed by atoms with Gasteiger partial charge in [0.1, 0.15) is 5.60 Å². The Morgan fingerprint density at radius 2 is 1.54 bits per heavy atom. The molecule has 1 N–H and O–H groups in total. The molecule has 0 aromatic heterocycles. The van der Waals surface area contributed by atoms with E-state index in [1.54, 1.807) is 57.2 Å². The maximum atomic E-state index is 13.5. The first kappa shape index (κ1) is 26.4. The molecule has 0 aliphatic rings. The van der Waals surface area contributed by atoms with E-state index < -0.39 is 27.8 Å². The van der Waals surface area contributed by atoms with Crippen LogP contribution in [-0.2, 0) is 32.4 Å². The van der Waals surface area contributed by atoms with Gasteiger partial charge in [0.15, 0.2) is 5.78 Å². The largest absolute Gasteiger partial charge is 0.444 e. The maximum Gasteiger partial charge on any atom is 0.408 e. The topological polar surface area (TPSA) is 92.8 Å². The molecule has 3 aromatic rings. The van der Waals surface area contributed by atoms with Crippen LogP contribution < -0.4 is 5.32 Å². The van der Waals surface area contributed by atoms with Crippen LogP contribution in [0.25, 0.3) is 10.8 Å². The summed E-state index contributed by atoms with van der Waals surface area (Å²) in [6.45, 7) is 5.28. The Morgan fingerprint density at radius 3 is 2.17 bits per heavy atom. The van der Waals surface area contributed by atoms with Gasteiger partial charge in [-0.25, -0.2) is 17.5 Å². The number of carbonyl (C=O) groups is 2. The highest BCUT2D eigenvalue weighted by Gasteiger charge is 2.26. The zero-order valence-electron chi connectivity index (χ0n) is 20.7. The number of rotatable bonds is 8. The number of ether oxygens (including phenoxy) is 1. The molecule has 0 saturated carbocycles. The Bertz CT molecular complexity index is 1310. The van der Waals surface area contributed by atoms with Crippen molar-refractivity contribution in [2.24, 2.45) is 0 Å². The van der Waals surface area contributed by atoms with Crippen LogP contribution in [0, 0.1) is 0 Å². The van der Waals surface area contributed by atoms with Crippen LogP contribution in [0.3, 0.4) is 0 Å². The normalized spacial score (nSPS) is 13.0. The second-order valence-electron chi connectivity index (χ2n) is 9.59. The van der Waals surface area contributed by atoms with Gasteiger partial charge in [-0.2, -0.15) is 0 Å². The summed E-state index contributed by atoms with van der Waals surface area (Å²) in [6.07, 6.45) is -0.330. The van der Waals surface area contributed by atoms with E-state index in [1.165, 1.54) is 18.4 Å². The van der Waals surface area contributed by atoms with Crippen LogP contribution in [0.4, 0.5) is 4.79 Å². The number of nitrogens with one attached hydrogen (secondary N) is 1. The van der Waals surface area contributed by atoms with Gasteiger partial charge in [0, 0.05) is 25.9 Å². The lowest BCUT2D eigenvalue weighted by atomic mass is 9.95. The third-order valence-corrected chi connectivity index (χ3v) is 7.33. The third kappa shape index (κ3) is 6.68. The lowest BCUT2D eigenvalue weighted by molar-refractivity contribution is -0.120. The van der Waals surface area contributed by atoms with Gasteiger partial charge in [0.05, 0.1) is 10.9 Å². The van der Waals surface area contributed by atoms with E-state index in [0.717, 1.165) is 5.56 Å². The number of ketones is 1. The average molecular weight is 497 g/mol. The quantitative estimate of drug-likeness (QED) is 0.501. The molecule has 0 unspecified atom stereocenters. The predicted octanol–water partition coefficient (Wildman–Crippen LogP) is 4.34. The highest BCUT2D eigenvalue weighted by Crippen LogP contribution is 2.28. The van der Waals surface area contributed by atoms with Crippen LogP contribution in [-0.4, -0.2) is 50.3 Å². The predicted molar refractivity (Wildman–Crippen MR) is 137 cm³/mol. The van der Waals surface area contributed by atoms with Crippen molar-refractivity contribution in [2.75, 3.05) is 14.1 Å². The molecule has 0 aliphatic heterocycles. The van der Waals surface area contributed by atoms with Gasteiger partial charge in [-0.05, 0) is 49.8 Å². The number of carbonyl (C=O) groups excluding carboxylic acids is 2. The van der Waals surface area contributed by atoms with E-state index in [-0.39, 0.29) is 17.1 Å². The van der Waals surface area contributed by atoms with Gasteiger partial charge < -0.3 is 10.1 Å². The molecule has 0 saturated heterocycles. The lowest BCUT2D eigenvalue weighted by Gasteiger charge is -2.23. The number of hydrogen-bond donors (Lipinski definition) is 1. The summed E-state index contributed by atoms with van der Waals surface area (Å²) in [6, 6.07) is 18.9. The number of amides is 1. The van der Waals surface area contributed by atoms with E-state index in [9.17, 15) is 18.0 Å². The molecule has 7 nitrogen and oxygen atoms in total. The molecule has 0 radical (unpaired) electrons. The molecule has 35 heavy (non-hydrogen) atoms. The minimum Gasteiger partial charge on any atom is -0.444 e. The number of Topliss-reactive ketones (excluding diaryl/α,β-unsaturated/α-hetero) is 1. The van der Waals surface area contributed by atoms with Crippen LogP contribution >= 0.6 is 0 Å². The zero-order chi connectivity index (χ0) is 25.8. The smallest absolute Gasteiger partial charge is 0.408 e. The Kier molecular flexibility index (Phi) is 7.97. The molecule has 8 heteroatoms. The van der Waals surface area contributed by atoms with Crippen molar-refractivity contribution < 1.29 is 22.7 Å². The fourth-order valence-electron chi connectivity index (χ4n) is 3.78. The molecule has 0 heterocycles. The van der Waals surface area contributed by atoms with Crippen molar-refractivity contribution in [2.45, 2.75) is 50.2 Å². The van der Waals surface area contributed by atoms with Gasteiger partial charge in [-0.1, -0.05) is 60.7 Å². The van der Waals surface area contributed by atoms with Gasteiger partial charge in [-0.3, -0.25) is 4.79 Å². The number of fused-ring (bicyclic) bond motifs is 1. The van der Waals surface area contributed by atoms with Crippen LogP contribution in [0.2, 0.25) is 0 Å². The number of sulfonamides is 1. The molecule has 0 fully saturated rings. The average Bonchev–Trinajstić information content (AvgIpc) is 2.77. The van der Waals surface area contributed by atoms with E-state index >= 15 is 0 Å². The maximum absolute atomic E-state index is 13.5. The summed E-state index contributed by atoms with van der Waals surface area (Å²) < 4.78 is 32.2. The van der Waals surface area contributed by atoms with Crippen molar-refractivity contribution in [1.29, 1.82) is 0 Å². The Hall–Kier alpha value is -3.23. The first-order valence-electron chi connectivity index (χ1n) is 11.4.